The number of aliphatic hydroxyl groups is 1. The van der Waals surface area contributed by atoms with Gasteiger partial charge in [-0.2, -0.15) is 0 Å². The van der Waals surface area contributed by atoms with Crippen molar-refractivity contribution in [2.75, 3.05) is 0 Å². The predicted molar refractivity (Wildman–Crippen MR) is 67.1 cm³/mol. The summed E-state index contributed by atoms with van der Waals surface area (Å²) in [5.41, 5.74) is 0. The molecule has 2 aromatic heterocycles. The molecule has 1 atom stereocenters. The number of rotatable bonds is 3. The predicted octanol–water partition coefficient (Wildman–Crippen LogP) is 4.14. The highest BCUT2D eigenvalue weighted by molar-refractivity contribution is 9.13. The van der Waals surface area contributed by atoms with Crippen molar-refractivity contribution >= 4 is 43.2 Å². The topological polar surface area (TPSA) is 33.4 Å². The molecule has 5 heteroatoms. The van der Waals surface area contributed by atoms with Crippen LogP contribution in [0.2, 0.25) is 0 Å². The van der Waals surface area contributed by atoms with Gasteiger partial charge in [0.15, 0.2) is 4.67 Å². The minimum absolute atomic E-state index is 0.571. The van der Waals surface area contributed by atoms with Crippen LogP contribution >= 0.6 is 43.2 Å². The molecule has 0 aliphatic rings. The zero-order valence-corrected chi connectivity index (χ0v) is 11.6. The van der Waals surface area contributed by atoms with Gasteiger partial charge in [-0.15, -0.1) is 11.3 Å². The summed E-state index contributed by atoms with van der Waals surface area (Å²) in [5, 5.41) is 11.9. The molecule has 2 nitrogen and oxygen atoms in total. The first-order chi connectivity index (χ1) is 7.16. The second-order valence-corrected chi connectivity index (χ2v) is 5.68. The van der Waals surface area contributed by atoms with Crippen molar-refractivity contribution in [1.29, 1.82) is 0 Å². The van der Waals surface area contributed by atoms with Crippen LogP contribution in [0.3, 0.4) is 0 Å². The molecule has 15 heavy (non-hydrogen) atoms. The van der Waals surface area contributed by atoms with Gasteiger partial charge in [0.2, 0.25) is 0 Å². The maximum Gasteiger partial charge on any atom is 0.183 e. The smallest absolute Gasteiger partial charge is 0.183 e. The molecule has 0 fully saturated rings. The molecular formula is C10H8Br2O2S. The Morgan fingerprint density at radius 3 is 2.80 bits per heavy atom. The van der Waals surface area contributed by atoms with E-state index in [2.05, 4.69) is 31.9 Å². The molecule has 0 saturated heterocycles. The summed E-state index contributed by atoms with van der Waals surface area (Å²) in [6.45, 7) is 0. The zero-order chi connectivity index (χ0) is 10.8. The van der Waals surface area contributed by atoms with E-state index in [1.54, 1.807) is 17.4 Å². The van der Waals surface area contributed by atoms with Gasteiger partial charge in [0.25, 0.3) is 0 Å². The molecular weight excluding hydrogens is 344 g/mol. The van der Waals surface area contributed by atoms with Gasteiger partial charge in [0.05, 0.1) is 4.47 Å². The number of halogens is 2. The summed E-state index contributed by atoms with van der Waals surface area (Å²) < 4.78 is 6.78. The van der Waals surface area contributed by atoms with Crippen LogP contribution in [0.25, 0.3) is 0 Å². The molecule has 2 rings (SSSR count). The second kappa shape index (κ2) is 4.82. The third-order valence-electron chi connectivity index (χ3n) is 1.97. The zero-order valence-electron chi connectivity index (χ0n) is 7.61. The Kier molecular flexibility index (Phi) is 3.66. The van der Waals surface area contributed by atoms with Crippen LogP contribution in [0.15, 0.2) is 37.1 Å². The van der Waals surface area contributed by atoms with Crippen molar-refractivity contribution in [3.63, 3.8) is 0 Å². The van der Waals surface area contributed by atoms with E-state index >= 15 is 0 Å². The summed E-state index contributed by atoms with van der Waals surface area (Å²) >= 11 is 8.19. The summed E-state index contributed by atoms with van der Waals surface area (Å²) in [7, 11) is 0. The van der Waals surface area contributed by atoms with Crippen LogP contribution in [0, 0.1) is 0 Å². The summed E-state index contributed by atoms with van der Waals surface area (Å²) in [6, 6.07) is 5.75. The van der Waals surface area contributed by atoms with Crippen molar-refractivity contribution in [1.82, 2.24) is 0 Å². The average Bonchev–Trinajstić information content (AvgIpc) is 2.78. The lowest BCUT2D eigenvalue weighted by atomic mass is 10.2. The molecule has 0 bridgehead atoms. The fourth-order valence-corrected chi connectivity index (χ4v) is 2.60. The first kappa shape index (κ1) is 11.4. The third-order valence-corrected chi connectivity index (χ3v) is 4.58. The van der Waals surface area contributed by atoms with Gasteiger partial charge in [-0.1, -0.05) is 6.07 Å². The minimum Gasteiger partial charge on any atom is -0.450 e. The minimum atomic E-state index is -0.591. The first-order valence-corrected chi connectivity index (χ1v) is 6.78. The van der Waals surface area contributed by atoms with Crippen LogP contribution in [0.5, 0.6) is 0 Å². The van der Waals surface area contributed by atoms with Gasteiger partial charge in [-0.05, 0) is 49.4 Å². The molecule has 0 aromatic carbocycles. The molecule has 80 valence electrons. The van der Waals surface area contributed by atoms with Crippen molar-refractivity contribution in [3.05, 3.63) is 43.4 Å². The fraction of sp³-hybridized carbons (Fsp3) is 0.200. The fourth-order valence-electron chi connectivity index (χ4n) is 1.25. The van der Waals surface area contributed by atoms with Crippen LogP contribution in [0.4, 0.5) is 0 Å². The lowest BCUT2D eigenvalue weighted by Gasteiger charge is -2.04. The number of hydrogen-bond donors (Lipinski definition) is 1. The Morgan fingerprint density at radius 2 is 2.27 bits per heavy atom. The van der Waals surface area contributed by atoms with Gasteiger partial charge in [0.1, 0.15) is 11.9 Å². The Bertz CT molecular complexity index is 417. The van der Waals surface area contributed by atoms with E-state index in [9.17, 15) is 5.11 Å². The van der Waals surface area contributed by atoms with Crippen LogP contribution in [0.1, 0.15) is 16.7 Å². The lowest BCUT2D eigenvalue weighted by Crippen LogP contribution is -1.98. The Balaban J connectivity index is 2.11. The molecule has 1 N–H and O–H groups in total. The molecule has 0 saturated carbocycles. The highest BCUT2D eigenvalue weighted by Crippen LogP contribution is 2.31. The maximum absolute atomic E-state index is 9.90. The van der Waals surface area contributed by atoms with Gasteiger partial charge in [-0.3, -0.25) is 0 Å². The first-order valence-electron chi connectivity index (χ1n) is 4.32. The monoisotopic (exact) mass is 350 g/mol. The average molecular weight is 352 g/mol. The summed E-state index contributed by atoms with van der Waals surface area (Å²) in [6.07, 6.45) is -0.00407. The standard InChI is InChI=1S/C10H8Br2O2S/c11-7-5-9(14-10(7)12)8(13)4-6-2-1-3-15-6/h1-3,5,8,13H,4H2. The normalized spacial score (nSPS) is 13.0. The number of hydrogen-bond acceptors (Lipinski definition) is 3. The highest BCUT2D eigenvalue weighted by atomic mass is 79.9. The van der Waals surface area contributed by atoms with Crippen molar-refractivity contribution in [2.45, 2.75) is 12.5 Å². The van der Waals surface area contributed by atoms with Crippen LogP contribution in [-0.2, 0) is 6.42 Å². The molecule has 0 radical (unpaired) electrons. The summed E-state index contributed by atoms with van der Waals surface area (Å²) in [4.78, 5) is 1.14. The lowest BCUT2D eigenvalue weighted by molar-refractivity contribution is 0.149. The van der Waals surface area contributed by atoms with E-state index in [0.29, 0.717) is 16.9 Å². The largest absolute Gasteiger partial charge is 0.450 e. The van der Waals surface area contributed by atoms with Gasteiger partial charge in [0, 0.05) is 11.3 Å². The molecule has 1 unspecified atom stereocenters. The molecule has 0 aliphatic heterocycles. The third kappa shape index (κ3) is 2.72. The van der Waals surface area contributed by atoms with E-state index < -0.39 is 6.10 Å². The van der Waals surface area contributed by atoms with Crippen molar-refractivity contribution in [3.8, 4) is 0 Å². The van der Waals surface area contributed by atoms with Gasteiger partial charge >= 0.3 is 0 Å². The number of thiophene rings is 1. The Morgan fingerprint density at radius 1 is 1.47 bits per heavy atom. The Hall–Kier alpha value is -0.100. The molecule has 2 aromatic rings. The number of aliphatic hydroxyl groups excluding tert-OH is 1. The molecule has 2 heterocycles. The SMILES string of the molecule is OC(Cc1cccs1)c1cc(Br)c(Br)o1. The Labute approximate surface area is 108 Å². The molecule has 0 aliphatic carbocycles. The molecule has 0 amide bonds. The van der Waals surface area contributed by atoms with Crippen molar-refractivity contribution in [2.24, 2.45) is 0 Å². The van der Waals surface area contributed by atoms with Gasteiger partial charge in [-0.25, -0.2) is 0 Å². The maximum atomic E-state index is 9.90. The quantitative estimate of drug-likeness (QED) is 0.901. The van der Waals surface area contributed by atoms with E-state index in [1.807, 2.05) is 17.5 Å². The van der Waals surface area contributed by atoms with E-state index in [4.69, 9.17) is 4.42 Å². The van der Waals surface area contributed by atoms with E-state index in [0.717, 1.165) is 9.35 Å². The van der Waals surface area contributed by atoms with Crippen molar-refractivity contribution < 1.29 is 9.52 Å². The van der Waals surface area contributed by atoms with E-state index in [1.165, 1.54) is 0 Å². The highest BCUT2D eigenvalue weighted by Gasteiger charge is 2.15. The van der Waals surface area contributed by atoms with Gasteiger partial charge < -0.3 is 9.52 Å². The summed E-state index contributed by atoms with van der Waals surface area (Å²) in [5.74, 6) is 0.571. The second-order valence-electron chi connectivity index (χ2n) is 3.07. The number of furan rings is 1. The van der Waals surface area contributed by atoms with E-state index in [-0.39, 0.29) is 0 Å². The molecule has 0 spiro atoms. The van der Waals surface area contributed by atoms with Crippen LogP contribution < -0.4 is 0 Å². The van der Waals surface area contributed by atoms with Crippen LogP contribution in [-0.4, -0.2) is 5.11 Å².